The van der Waals surface area contributed by atoms with Crippen LogP contribution in [0.3, 0.4) is 0 Å². The fraction of sp³-hybridized carbons (Fsp3) is 1.00. The van der Waals surface area contributed by atoms with E-state index in [1.54, 1.807) is 0 Å². The molecule has 0 unspecified atom stereocenters. The summed E-state index contributed by atoms with van der Waals surface area (Å²) < 4.78 is 0. The van der Waals surface area contributed by atoms with E-state index in [-0.39, 0.29) is 0 Å². The summed E-state index contributed by atoms with van der Waals surface area (Å²) in [5, 5.41) is 0. The second kappa shape index (κ2) is 2.50. The van der Waals surface area contributed by atoms with Gasteiger partial charge in [0, 0.05) is 0 Å². The molecule has 0 spiro atoms. The van der Waals surface area contributed by atoms with E-state index in [9.17, 15) is 0 Å². The Kier molecular flexibility index (Phi) is 1.59. The Labute approximate surface area is 81.1 Å². The molecule has 4 rings (SSSR count). The van der Waals surface area contributed by atoms with Gasteiger partial charge < -0.3 is 5.73 Å². The molecule has 4 fully saturated rings. The smallest absolute Gasteiger partial charge is 0.00199 e. The van der Waals surface area contributed by atoms with Gasteiger partial charge in [-0.3, -0.25) is 0 Å². The van der Waals surface area contributed by atoms with Crippen molar-refractivity contribution in [3.8, 4) is 0 Å². The molecule has 0 aromatic heterocycles. The van der Waals surface area contributed by atoms with Gasteiger partial charge in [0.25, 0.3) is 0 Å². The van der Waals surface area contributed by atoms with Gasteiger partial charge in [-0.1, -0.05) is 19.3 Å². The van der Waals surface area contributed by atoms with Gasteiger partial charge in [0.1, 0.15) is 0 Å². The first kappa shape index (κ1) is 8.28. The average Bonchev–Trinajstić information content (AvgIpc) is 2.02. The fourth-order valence-electron chi connectivity index (χ4n) is 4.45. The van der Waals surface area contributed by atoms with Crippen LogP contribution in [0.2, 0.25) is 0 Å². The zero-order valence-corrected chi connectivity index (χ0v) is 8.52. The van der Waals surface area contributed by atoms with Crippen LogP contribution < -0.4 is 5.73 Å². The number of hydrogen-bond acceptors (Lipinski definition) is 1. The molecule has 0 aromatic carbocycles. The number of hydrogen-bond donors (Lipinski definition) is 1. The second-order valence-corrected chi connectivity index (χ2v) is 5.93. The number of nitrogens with two attached hydrogens (primary N) is 1. The molecule has 0 aliphatic heterocycles. The Morgan fingerprint density at radius 2 is 1.62 bits per heavy atom. The molecular weight excluding hydrogens is 158 g/mol. The lowest BCUT2D eigenvalue weighted by Gasteiger charge is -2.74. The van der Waals surface area contributed by atoms with E-state index < -0.39 is 0 Å². The maximum Gasteiger partial charge on any atom is -0.00199 e. The molecule has 0 aromatic rings. The minimum absolute atomic E-state index is 0.650. The molecule has 2 bridgehead atoms. The van der Waals surface area contributed by atoms with Gasteiger partial charge in [-0.25, -0.2) is 0 Å². The first-order valence-corrected chi connectivity index (χ1v) is 5.99. The van der Waals surface area contributed by atoms with Gasteiger partial charge in [0.15, 0.2) is 0 Å². The van der Waals surface area contributed by atoms with Crippen molar-refractivity contribution in [1.29, 1.82) is 0 Å². The van der Waals surface area contributed by atoms with Crippen LogP contribution >= 0.6 is 0 Å². The van der Waals surface area contributed by atoms with E-state index in [4.69, 9.17) is 5.73 Å². The highest BCUT2D eigenvalue weighted by Gasteiger charge is 2.68. The summed E-state index contributed by atoms with van der Waals surface area (Å²) in [5.41, 5.74) is 7.26. The maximum absolute atomic E-state index is 5.79. The third-order valence-corrected chi connectivity index (χ3v) is 5.09. The number of rotatable bonds is 2. The lowest BCUT2D eigenvalue weighted by Crippen LogP contribution is -2.67. The third-order valence-electron chi connectivity index (χ3n) is 5.09. The first-order valence-electron chi connectivity index (χ1n) is 5.99. The van der Waals surface area contributed by atoms with Gasteiger partial charge >= 0.3 is 0 Å². The normalized spacial score (nSPS) is 49.6. The standard InChI is InChI=1S/C12H21N/c13-9-11-6-12(7-11,8-11)10-4-2-1-3-5-10/h10H,1-9,13H2. The van der Waals surface area contributed by atoms with Crippen molar-refractivity contribution >= 4 is 0 Å². The average molecular weight is 179 g/mol. The molecule has 0 atom stereocenters. The van der Waals surface area contributed by atoms with Crippen molar-refractivity contribution in [3.63, 3.8) is 0 Å². The fourth-order valence-corrected chi connectivity index (χ4v) is 4.45. The zero-order valence-electron chi connectivity index (χ0n) is 8.52. The van der Waals surface area contributed by atoms with Crippen molar-refractivity contribution < 1.29 is 0 Å². The summed E-state index contributed by atoms with van der Waals surface area (Å²) in [4.78, 5) is 0. The molecule has 4 saturated carbocycles. The lowest BCUT2D eigenvalue weighted by atomic mass is 9.31. The second-order valence-electron chi connectivity index (χ2n) is 5.93. The van der Waals surface area contributed by atoms with Gasteiger partial charge in [0.05, 0.1) is 0 Å². The summed E-state index contributed by atoms with van der Waals surface area (Å²) in [5.74, 6) is 1.09. The molecule has 4 aliphatic rings. The van der Waals surface area contributed by atoms with E-state index in [0.717, 1.165) is 17.9 Å². The Morgan fingerprint density at radius 1 is 1.00 bits per heavy atom. The van der Waals surface area contributed by atoms with E-state index >= 15 is 0 Å². The molecule has 1 nitrogen and oxygen atoms in total. The van der Waals surface area contributed by atoms with Crippen LogP contribution in [-0.2, 0) is 0 Å². The van der Waals surface area contributed by atoms with Crippen LogP contribution in [0.5, 0.6) is 0 Å². The van der Waals surface area contributed by atoms with E-state index in [0.29, 0.717) is 5.41 Å². The zero-order chi connectivity index (χ0) is 8.94. The van der Waals surface area contributed by atoms with E-state index in [1.165, 1.54) is 51.4 Å². The molecular formula is C12H21N. The largest absolute Gasteiger partial charge is 0.330 e. The molecule has 0 amide bonds. The van der Waals surface area contributed by atoms with Gasteiger partial charge in [-0.05, 0) is 55.4 Å². The van der Waals surface area contributed by atoms with Crippen molar-refractivity contribution in [1.82, 2.24) is 0 Å². The Morgan fingerprint density at radius 3 is 2.15 bits per heavy atom. The summed E-state index contributed by atoms with van der Waals surface area (Å²) in [6.45, 7) is 0.960. The Balaban J connectivity index is 1.63. The Hall–Kier alpha value is -0.0400. The SMILES string of the molecule is NCC12CC(C3CCCCC3)(C1)C2. The molecule has 0 heterocycles. The van der Waals surface area contributed by atoms with Crippen molar-refractivity contribution in [2.45, 2.75) is 51.4 Å². The van der Waals surface area contributed by atoms with Gasteiger partial charge in [-0.2, -0.15) is 0 Å². The Bertz CT molecular complexity index is 195. The lowest BCUT2D eigenvalue weighted by molar-refractivity contribution is -0.234. The predicted molar refractivity (Wildman–Crippen MR) is 54.3 cm³/mol. The third kappa shape index (κ3) is 0.971. The highest BCUT2D eigenvalue weighted by molar-refractivity contribution is 5.19. The highest BCUT2D eigenvalue weighted by atomic mass is 14.8. The highest BCUT2D eigenvalue weighted by Crippen LogP contribution is 2.77. The van der Waals surface area contributed by atoms with Gasteiger partial charge in [-0.15, -0.1) is 0 Å². The van der Waals surface area contributed by atoms with Crippen molar-refractivity contribution in [2.75, 3.05) is 6.54 Å². The minimum atomic E-state index is 0.650. The van der Waals surface area contributed by atoms with E-state index in [2.05, 4.69) is 0 Å². The van der Waals surface area contributed by atoms with Crippen LogP contribution in [0, 0.1) is 16.7 Å². The minimum Gasteiger partial charge on any atom is -0.330 e. The van der Waals surface area contributed by atoms with Crippen LogP contribution in [0.4, 0.5) is 0 Å². The van der Waals surface area contributed by atoms with Crippen molar-refractivity contribution in [3.05, 3.63) is 0 Å². The van der Waals surface area contributed by atoms with E-state index in [1.807, 2.05) is 0 Å². The molecule has 1 heteroatoms. The molecule has 4 aliphatic carbocycles. The topological polar surface area (TPSA) is 26.0 Å². The quantitative estimate of drug-likeness (QED) is 0.693. The summed E-state index contributed by atoms with van der Waals surface area (Å²) in [6.07, 6.45) is 12.0. The maximum atomic E-state index is 5.79. The summed E-state index contributed by atoms with van der Waals surface area (Å²) >= 11 is 0. The first-order chi connectivity index (χ1) is 6.29. The van der Waals surface area contributed by atoms with Crippen LogP contribution in [-0.4, -0.2) is 6.54 Å². The summed E-state index contributed by atoms with van der Waals surface area (Å²) in [7, 11) is 0. The van der Waals surface area contributed by atoms with Crippen LogP contribution in [0.25, 0.3) is 0 Å². The monoisotopic (exact) mass is 179 g/mol. The molecule has 74 valence electrons. The van der Waals surface area contributed by atoms with Gasteiger partial charge in [0.2, 0.25) is 0 Å². The molecule has 0 saturated heterocycles. The molecule has 2 N–H and O–H groups in total. The summed E-state index contributed by atoms with van der Waals surface area (Å²) in [6, 6.07) is 0. The van der Waals surface area contributed by atoms with Crippen LogP contribution in [0.15, 0.2) is 0 Å². The molecule has 13 heavy (non-hydrogen) atoms. The van der Waals surface area contributed by atoms with Crippen molar-refractivity contribution in [2.24, 2.45) is 22.5 Å². The predicted octanol–water partition coefficient (Wildman–Crippen LogP) is 2.70. The molecule has 0 radical (unpaired) electrons. The van der Waals surface area contributed by atoms with Crippen LogP contribution in [0.1, 0.15) is 51.4 Å².